The molecule has 0 saturated heterocycles. The zero-order chi connectivity index (χ0) is 21.0. The summed E-state index contributed by atoms with van der Waals surface area (Å²) in [5.74, 6) is -0.507. The second-order valence-corrected chi connectivity index (χ2v) is 7.23. The number of nitrogens with zero attached hydrogens (tertiary/aromatic N) is 2. The van der Waals surface area contributed by atoms with E-state index in [4.69, 9.17) is 11.6 Å². The molecule has 5 nitrogen and oxygen atoms in total. The Labute approximate surface area is 173 Å². The lowest BCUT2D eigenvalue weighted by atomic mass is 10.3. The molecule has 0 radical (unpaired) electrons. The molecule has 3 aromatic rings. The van der Waals surface area contributed by atoms with Crippen molar-refractivity contribution >= 4 is 40.2 Å². The molecule has 0 aliphatic heterocycles. The number of nitrogens with one attached hydrogen (secondary N) is 1. The lowest BCUT2D eigenvalue weighted by molar-refractivity contribution is -0.274. The van der Waals surface area contributed by atoms with E-state index < -0.39 is 6.36 Å². The standard InChI is InChI=1S/C19H15ClF3N3O2S/c1-26-15(10-17(27)24-13-4-2-12(20)3-5-13)11-29-18(26)25-14-6-8-16(9-7-14)28-19(21,22)23/h2-9,11H,10H2,1H3,(H,24,27). The van der Waals surface area contributed by atoms with Crippen molar-refractivity contribution in [3.63, 3.8) is 0 Å². The van der Waals surface area contributed by atoms with Crippen molar-refractivity contribution in [2.24, 2.45) is 12.0 Å². The zero-order valence-electron chi connectivity index (χ0n) is 15.0. The number of benzene rings is 2. The Morgan fingerprint density at radius 3 is 2.45 bits per heavy atom. The van der Waals surface area contributed by atoms with E-state index in [1.54, 1.807) is 41.3 Å². The van der Waals surface area contributed by atoms with Crippen LogP contribution < -0.4 is 14.9 Å². The molecule has 1 heterocycles. The van der Waals surface area contributed by atoms with Gasteiger partial charge in [-0.05, 0) is 48.5 Å². The van der Waals surface area contributed by atoms with Gasteiger partial charge in [-0.25, -0.2) is 4.99 Å². The molecule has 0 spiro atoms. The molecule has 29 heavy (non-hydrogen) atoms. The Morgan fingerprint density at radius 1 is 1.17 bits per heavy atom. The van der Waals surface area contributed by atoms with Crippen LogP contribution in [-0.4, -0.2) is 16.8 Å². The molecule has 0 bridgehead atoms. The molecule has 10 heteroatoms. The number of hydrogen-bond acceptors (Lipinski definition) is 4. The van der Waals surface area contributed by atoms with Gasteiger partial charge in [0.1, 0.15) is 5.75 Å². The number of anilines is 1. The second kappa shape index (κ2) is 8.71. The number of amides is 1. The highest BCUT2D eigenvalue weighted by Crippen LogP contribution is 2.24. The summed E-state index contributed by atoms with van der Waals surface area (Å²) in [6, 6.07) is 12.0. The van der Waals surface area contributed by atoms with Gasteiger partial charge in [0.05, 0.1) is 12.1 Å². The molecule has 1 amide bonds. The molecule has 2 aromatic carbocycles. The van der Waals surface area contributed by atoms with Crippen molar-refractivity contribution in [2.75, 3.05) is 5.32 Å². The van der Waals surface area contributed by atoms with Gasteiger partial charge in [0.25, 0.3) is 0 Å². The largest absolute Gasteiger partial charge is 0.573 e. The Bertz CT molecular complexity index is 1060. The van der Waals surface area contributed by atoms with Crippen molar-refractivity contribution < 1.29 is 22.7 Å². The quantitative estimate of drug-likeness (QED) is 0.602. The zero-order valence-corrected chi connectivity index (χ0v) is 16.6. The first-order chi connectivity index (χ1) is 13.7. The predicted molar refractivity (Wildman–Crippen MR) is 105 cm³/mol. The van der Waals surface area contributed by atoms with E-state index in [0.29, 0.717) is 21.2 Å². The highest BCUT2D eigenvalue weighted by atomic mass is 35.5. The lowest BCUT2D eigenvalue weighted by Crippen LogP contribution is -2.19. The molecule has 152 valence electrons. The third-order valence-corrected chi connectivity index (χ3v) is 5.00. The summed E-state index contributed by atoms with van der Waals surface area (Å²) in [6.45, 7) is 0. The summed E-state index contributed by atoms with van der Waals surface area (Å²) in [5.41, 5.74) is 1.86. The predicted octanol–water partition coefficient (Wildman–Crippen LogP) is 5.05. The van der Waals surface area contributed by atoms with Crippen LogP contribution in [0.15, 0.2) is 58.9 Å². The van der Waals surface area contributed by atoms with Gasteiger partial charge in [-0.1, -0.05) is 11.6 Å². The summed E-state index contributed by atoms with van der Waals surface area (Å²) < 4.78 is 42.2. The fourth-order valence-electron chi connectivity index (χ4n) is 2.40. The smallest absolute Gasteiger partial charge is 0.406 e. The molecule has 1 aromatic heterocycles. The highest BCUT2D eigenvalue weighted by molar-refractivity contribution is 7.07. The number of halogens is 4. The van der Waals surface area contributed by atoms with Gasteiger partial charge in [-0.15, -0.1) is 24.5 Å². The Morgan fingerprint density at radius 2 is 1.83 bits per heavy atom. The van der Waals surface area contributed by atoms with E-state index in [-0.39, 0.29) is 18.1 Å². The summed E-state index contributed by atoms with van der Waals surface area (Å²) in [6.07, 6.45) is -4.59. The molecular weight excluding hydrogens is 427 g/mol. The van der Waals surface area contributed by atoms with Crippen LogP contribution in [0.3, 0.4) is 0 Å². The van der Waals surface area contributed by atoms with Gasteiger partial charge in [0.15, 0.2) is 4.80 Å². The van der Waals surface area contributed by atoms with Gasteiger partial charge in [0.2, 0.25) is 5.91 Å². The molecule has 0 saturated carbocycles. The Hall–Kier alpha value is -2.78. The van der Waals surface area contributed by atoms with Crippen molar-refractivity contribution in [3.05, 3.63) is 69.4 Å². The SMILES string of the molecule is Cn1c(CC(=O)Nc2ccc(Cl)cc2)csc1=Nc1ccc(OC(F)(F)F)cc1. The number of hydrogen-bond donors (Lipinski definition) is 1. The summed E-state index contributed by atoms with van der Waals surface area (Å²) in [4.78, 5) is 17.2. The summed E-state index contributed by atoms with van der Waals surface area (Å²) in [7, 11) is 1.77. The molecule has 0 fully saturated rings. The maximum Gasteiger partial charge on any atom is 0.573 e. The third kappa shape index (κ3) is 6.10. The van der Waals surface area contributed by atoms with Gasteiger partial charge in [-0.2, -0.15) is 0 Å². The molecule has 0 unspecified atom stereocenters. The number of rotatable bonds is 5. The van der Waals surface area contributed by atoms with E-state index >= 15 is 0 Å². The Balaban J connectivity index is 1.69. The molecule has 0 atom stereocenters. The van der Waals surface area contributed by atoms with Crippen molar-refractivity contribution in [2.45, 2.75) is 12.8 Å². The van der Waals surface area contributed by atoms with E-state index in [9.17, 15) is 18.0 Å². The normalized spacial score (nSPS) is 12.1. The fourth-order valence-corrected chi connectivity index (χ4v) is 3.44. The van der Waals surface area contributed by atoms with Crippen LogP contribution >= 0.6 is 22.9 Å². The van der Waals surface area contributed by atoms with Crippen molar-refractivity contribution in [3.8, 4) is 5.75 Å². The molecule has 3 rings (SSSR count). The van der Waals surface area contributed by atoms with Crippen LogP contribution in [0.2, 0.25) is 5.02 Å². The number of ether oxygens (including phenoxy) is 1. The third-order valence-electron chi connectivity index (χ3n) is 3.78. The van der Waals surface area contributed by atoms with Crippen molar-refractivity contribution in [1.29, 1.82) is 0 Å². The average Bonchev–Trinajstić information content (AvgIpc) is 2.97. The van der Waals surface area contributed by atoms with Crippen LogP contribution in [0.25, 0.3) is 0 Å². The molecule has 0 aliphatic rings. The monoisotopic (exact) mass is 441 g/mol. The molecule has 1 N–H and O–H groups in total. The summed E-state index contributed by atoms with van der Waals surface area (Å²) in [5, 5.41) is 5.17. The van der Waals surface area contributed by atoms with Crippen molar-refractivity contribution in [1.82, 2.24) is 4.57 Å². The van der Waals surface area contributed by atoms with E-state index in [2.05, 4.69) is 15.0 Å². The fraction of sp³-hybridized carbons (Fsp3) is 0.158. The number of thiazole rings is 1. The second-order valence-electron chi connectivity index (χ2n) is 5.95. The van der Waals surface area contributed by atoms with Crippen LogP contribution in [0.5, 0.6) is 5.75 Å². The Kier molecular flexibility index (Phi) is 6.29. The number of aromatic nitrogens is 1. The number of alkyl halides is 3. The van der Waals surface area contributed by atoms with Crippen LogP contribution in [-0.2, 0) is 18.3 Å². The topological polar surface area (TPSA) is 55.6 Å². The maximum atomic E-state index is 12.2. The molecular formula is C19H15ClF3N3O2S. The van der Waals surface area contributed by atoms with Gasteiger partial charge in [-0.3, -0.25) is 4.79 Å². The average molecular weight is 442 g/mol. The van der Waals surface area contributed by atoms with Gasteiger partial charge >= 0.3 is 6.36 Å². The highest BCUT2D eigenvalue weighted by Gasteiger charge is 2.30. The first kappa shape index (κ1) is 20.9. The minimum absolute atomic E-state index is 0.142. The van der Waals surface area contributed by atoms with Crippen LogP contribution in [0, 0.1) is 0 Å². The van der Waals surface area contributed by atoms with E-state index in [0.717, 1.165) is 5.69 Å². The van der Waals surface area contributed by atoms with Crippen LogP contribution in [0.4, 0.5) is 24.5 Å². The number of carbonyl (C=O) groups excluding carboxylic acids is 1. The molecule has 0 aliphatic carbocycles. The lowest BCUT2D eigenvalue weighted by Gasteiger charge is -2.08. The number of carbonyl (C=O) groups is 1. The van der Waals surface area contributed by atoms with E-state index in [1.165, 1.54) is 35.6 Å². The minimum atomic E-state index is -4.74. The maximum absolute atomic E-state index is 12.2. The van der Waals surface area contributed by atoms with Gasteiger partial charge in [0, 0.05) is 28.8 Å². The van der Waals surface area contributed by atoms with Crippen LogP contribution in [0.1, 0.15) is 5.69 Å². The first-order valence-corrected chi connectivity index (χ1v) is 9.55. The van der Waals surface area contributed by atoms with E-state index in [1.807, 2.05) is 0 Å². The minimum Gasteiger partial charge on any atom is -0.406 e. The van der Waals surface area contributed by atoms with Gasteiger partial charge < -0.3 is 14.6 Å². The first-order valence-electron chi connectivity index (χ1n) is 8.29. The summed E-state index contributed by atoms with van der Waals surface area (Å²) >= 11 is 7.15.